The summed E-state index contributed by atoms with van der Waals surface area (Å²) in [7, 11) is 0. The Labute approximate surface area is 197 Å². The lowest BCUT2D eigenvalue weighted by atomic mass is 10.1. The lowest BCUT2D eigenvalue weighted by Gasteiger charge is -2.26. The predicted molar refractivity (Wildman–Crippen MR) is 127 cm³/mol. The fourth-order valence-electron chi connectivity index (χ4n) is 4.06. The highest BCUT2D eigenvalue weighted by Gasteiger charge is 2.20. The summed E-state index contributed by atoms with van der Waals surface area (Å²) in [6, 6.07) is 18.1. The zero-order valence-corrected chi connectivity index (χ0v) is 18.7. The standard InChI is InChI=1S/C26H26FN5O2/c27-22-7-9-23(10-8-22)32-26(31-11-1-2-12-31)24(18-29-32)25(33)28-17-20-3-5-21(6-4-20)19-30-13-15-34-16-14-30/h1-12,18H,13-17,19H2,(H,28,33). The SMILES string of the molecule is O=C(NCc1ccc(CN2CCOCC2)cc1)c1cnn(-c2ccc(F)cc2)c1-n1cccc1. The number of benzene rings is 2. The molecule has 1 saturated heterocycles. The molecule has 0 radical (unpaired) electrons. The molecule has 0 unspecified atom stereocenters. The Balaban J connectivity index is 1.29. The molecule has 2 aromatic heterocycles. The molecule has 4 aromatic rings. The zero-order valence-electron chi connectivity index (χ0n) is 18.7. The van der Waals surface area contributed by atoms with E-state index in [4.69, 9.17) is 4.74 Å². The predicted octanol–water partition coefficient (Wildman–Crippen LogP) is 3.56. The van der Waals surface area contributed by atoms with Gasteiger partial charge in [0, 0.05) is 38.6 Å². The van der Waals surface area contributed by atoms with E-state index in [-0.39, 0.29) is 11.7 Å². The number of amides is 1. The number of halogens is 1. The Kier molecular flexibility index (Phi) is 6.51. The van der Waals surface area contributed by atoms with E-state index in [1.165, 1.54) is 17.7 Å². The van der Waals surface area contributed by atoms with Gasteiger partial charge in [-0.05, 0) is 47.5 Å². The van der Waals surface area contributed by atoms with Crippen LogP contribution in [0, 0.1) is 5.82 Å². The number of carbonyl (C=O) groups is 1. The topological polar surface area (TPSA) is 64.3 Å². The van der Waals surface area contributed by atoms with Crippen molar-refractivity contribution in [1.82, 2.24) is 24.6 Å². The molecule has 174 valence electrons. The van der Waals surface area contributed by atoms with Crippen molar-refractivity contribution in [2.24, 2.45) is 0 Å². The van der Waals surface area contributed by atoms with Crippen LogP contribution in [0.2, 0.25) is 0 Å². The average molecular weight is 460 g/mol. The largest absolute Gasteiger partial charge is 0.379 e. The van der Waals surface area contributed by atoms with E-state index in [9.17, 15) is 9.18 Å². The van der Waals surface area contributed by atoms with Crippen molar-refractivity contribution in [3.63, 3.8) is 0 Å². The first kappa shape index (κ1) is 22.1. The molecule has 0 aliphatic carbocycles. The first-order chi connectivity index (χ1) is 16.7. The Morgan fingerprint density at radius 1 is 0.971 bits per heavy atom. The Bertz CT molecular complexity index is 1230. The Morgan fingerprint density at radius 3 is 2.35 bits per heavy atom. The van der Waals surface area contributed by atoms with Crippen LogP contribution in [-0.4, -0.2) is 51.5 Å². The summed E-state index contributed by atoms with van der Waals surface area (Å²) in [6.07, 6.45) is 5.24. The van der Waals surface area contributed by atoms with Crippen LogP contribution in [0.4, 0.5) is 4.39 Å². The van der Waals surface area contributed by atoms with E-state index < -0.39 is 0 Å². The van der Waals surface area contributed by atoms with Gasteiger partial charge in [0.2, 0.25) is 0 Å². The van der Waals surface area contributed by atoms with Crippen molar-refractivity contribution >= 4 is 5.91 Å². The van der Waals surface area contributed by atoms with Gasteiger partial charge in [0.05, 0.1) is 25.1 Å². The number of nitrogens with zero attached hydrogens (tertiary/aromatic N) is 4. The van der Waals surface area contributed by atoms with E-state index >= 15 is 0 Å². The van der Waals surface area contributed by atoms with E-state index in [1.807, 2.05) is 41.2 Å². The molecule has 0 bridgehead atoms. The lowest BCUT2D eigenvalue weighted by Crippen LogP contribution is -2.35. The molecule has 8 heteroatoms. The molecule has 5 rings (SSSR count). The highest BCUT2D eigenvalue weighted by atomic mass is 19.1. The quantitative estimate of drug-likeness (QED) is 0.459. The molecule has 1 N–H and O–H groups in total. The number of hydrogen-bond donors (Lipinski definition) is 1. The Morgan fingerprint density at radius 2 is 1.65 bits per heavy atom. The second kappa shape index (κ2) is 10.0. The molecule has 0 atom stereocenters. The summed E-state index contributed by atoms with van der Waals surface area (Å²) in [5.41, 5.74) is 3.37. The van der Waals surface area contributed by atoms with Crippen LogP contribution in [0.3, 0.4) is 0 Å². The highest BCUT2D eigenvalue weighted by molar-refractivity contribution is 5.97. The number of carbonyl (C=O) groups excluding carboxylic acids is 1. The van der Waals surface area contributed by atoms with Crippen LogP contribution >= 0.6 is 0 Å². The van der Waals surface area contributed by atoms with Gasteiger partial charge in [-0.1, -0.05) is 24.3 Å². The smallest absolute Gasteiger partial charge is 0.256 e. The number of morpholine rings is 1. The van der Waals surface area contributed by atoms with E-state index in [0.717, 1.165) is 38.4 Å². The second-order valence-corrected chi connectivity index (χ2v) is 8.25. The van der Waals surface area contributed by atoms with Gasteiger partial charge in [0.25, 0.3) is 5.91 Å². The van der Waals surface area contributed by atoms with Crippen LogP contribution in [0.1, 0.15) is 21.5 Å². The fourth-order valence-corrected chi connectivity index (χ4v) is 4.06. The van der Waals surface area contributed by atoms with Gasteiger partial charge in [-0.15, -0.1) is 0 Å². The maximum atomic E-state index is 13.4. The summed E-state index contributed by atoms with van der Waals surface area (Å²) >= 11 is 0. The maximum absolute atomic E-state index is 13.4. The van der Waals surface area contributed by atoms with Gasteiger partial charge < -0.3 is 14.6 Å². The molecule has 2 aromatic carbocycles. The fraction of sp³-hybridized carbons (Fsp3) is 0.231. The van der Waals surface area contributed by atoms with Crippen molar-refractivity contribution in [1.29, 1.82) is 0 Å². The second-order valence-electron chi connectivity index (χ2n) is 8.25. The molecule has 7 nitrogen and oxygen atoms in total. The van der Waals surface area contributed by atoms with Crippen molar-refractivity contribution in [3.8, 4) is 11.5 Å². The first-order valence-corrected chi connectivity index (χ1v) is 11.3. The minimum atomic E-state index is -0.327. The number of rotatable bonds is 7. The normalized spacial score (nSPS) is 14.3. The first-order valence-electron chi connectivity index (χ1n) is 11.3. The maximum Gasteiger partial charge on any atom is 0.256 e. The molecular weight excluding hydrogens is 433 g/mol. The molecular formula is C26H26FN5O2. The summed E-state index contributed by atoms with van der Waals surface area (Å²) < 4.78 is 22.3. The van der Waals surface area contributed by atoms with Crippen molar-refractivity contribution in [3.05, 3.63) is 102 Å². The van der Waals surface area contributed by atoms with Gasteiger partial charge in [0.15, 0.2) is 5.82 Å². The van der Waals surface area contributed by atoms with Gasteiger partial charge in [0.1, 0.15) is 11.4 Å². The molecule has 1 aliphatic rings. The van der Waals surface area contributed by atoms with Gasteiger partial charge in [-0.25, -0.2) is 9.07 Å². The van der Waals surface area contributed by atoms with E-state index in [1.54, 1.807) is 23.0 Å². The lowest BCUT2D eigenvalue weighted by molar-refractivity contribution is 0.0342. The molecule has 34 heavy (non-hydrogen) atoms. The summed E-state index contributed by atoms with van der Waals surface area (Å²) in [5, 5.41) is 7.41. The summed E-state index contributed by atoms with van der Waals surface area (Å²) in [4.78, 5) is 15.5. The molecule has 1 aliphatic heterocycles. The minimum absolute atomic E-state index is 0.227. The average Bonchev–Trinajstić information content (AvgIpc) is 3.55. The third kappa shape index (κ3) is 4.93. The molecule has 0 spiro atoms. The number of nitrogens with one attached hydrogen (secondary N) is 1. The van der Waals surface area contributed by atoms with E-state index in [0.29, 0.717) is 23.6 Å². The van der Waals surface area contributed by atoms with Crippen LogP contribution in [-0.2, 0) is 17.8 Å². The number of aromatic nitrogens is 3. The molecule has 0 saturated carbocycles. The van der Waals surface area contributed by atoms with Crippen molar-refractivity contribution < 1.29 is 13.9 Å². The van der Waals surface area contributed by atoms with Crippen LogP contribution in [0.15, 0.2) is 79.3 Å². The summed E-state index contributed by atoms with van der Waals surface area (Å²) in [6.45, 7) is 4.78. The molecule has 1 fully saturated rings. The third-order valence-corrected chi connectivity index (χ3v) is 5.89. The van der Waals surface area contributed by atoms with Gasteiger partial charge in [-0.3, -0.25) is 9.69 Å². The Hall–Kier alpha value is -3.75. The van der Waals surface area contributed by atoms with Crippen molar-refractivity contribution in [2.45, 2.75) is 13.1 Å². The van der Waals surface area contributed by atoms with Gasteiger partial charge in [-0.2, -0.15) is 5.10 Å². The molecule has 3 heterocycles. The molecule has 1 amide bonds. The highest BCUT2D eigenvalue weighted by Crippen LogP contribution is 2.20. The van der Waals surface area contributed by atoms with Crippen molar-refractivity contribution in [2.75, 3.05) is 26.3 Å². The minimum Gasteiger partial charge on any atom is -0.379 e. The van der Waals surface area contributed by atoms with Crippen LogP contribution in [0.25, 0.3) is 11.5 Å². The zero-order chi connectivity index (χ0) is 23.3. The summed E-state index contributed by atoms with van der Waals surface area (Å²) in [5.74, 6) is 0.0387. The number of ether oxygens (including phenoxy) is 1. The third-order valence-electron chi connectivity index (χ3n) is 5.89. The van der Waals surface area contributed by atoms with Gasteiger partial charge >= 0.3 is 0 Å². The monoisotopic (exact) mass is 459 g/mol. The van der Waals surface area contributed by atoms with Crippen LogP contribution in [0.5, 0.6) is 0 Å². The van der Waals surface area contributed by atoms with Crippen LogP contribution < -0.4 is 5.32 Å². The number of hydrogen-bond acceptors (Lipinski definition) is 4. The van der Waals surface area contributed by atoms with E-state index in [2.05, 4.69) is 27.4 Å².